The molecule has 0 spiro atoms. The van der Waals surface area contributed by atoms with Crippen LogP contribution in [0, 0.1) is 0 Å². The first kappa shape index (κ1) is 22.0. The first-order valence-electron chi connectivity index (χ1n) is 10.6. The van der Waals surface area contributed by atoms with E-state index in [0.717, 1.165) is 36.5 Å². The Hall–Kier alpha value is -1.68. The molecule has 0 aromatic carbocycles. The predicted octanol–water partition coefficient (Wildman–Crippen LogP) is 2.96. The van der Waals surface area contributed by atoms with Gasteiger partial charge in [0.05, 0.1) is 6.54 Å². The molecular formula is C21H32IN7. The van der Waals surface area contributed by atoms with Gasteiger partial charge in [-0.15, -0.1) is 24.0 Å². The zero-order chi connectivity index (χ0) is 19.2. The second kappa shape index (κ2) is 10.9. The zero-order valence-corrected chi connectivity index (χ0v) is 19.5. The van der Waals surface area contributed by atoms with Crippen molar-refractivity contribution >= 4 is 29.9 Å². The Balaban J connectivity index is 0.00000240. The lowest BCUT2D eigenvalue weighted by molar-refractivity contribution is 0.242. The van der Waals surface area contributed by atoms with Crippen molar-refractivity contribution in [1.29, 1.82) is 0 Å². The van der Waals surface area contributed by atoms with Crippen molar-refractivity contribution in [2.24, 2.45) is 4.99 Å². The van der Waals surface area contributed by atoms with Gasteiger partial charge in [-0.1, -0.05) is 12.8 Å². The molecule has 8 heteroatoms. The van der Waals surface area contributed by atoms with E-state index in [-0.39, 0.29) is 24.0 Å². The van der Waals surface area contributed by atoms with Gasteiger partial charge in [0.15, 0.2) is 11.8 Å². The van der Waals surface area contributed by atoms with Crippen LogP contribution in [-0.4, -0.2) is 57.3 Å². The summed E-state index contributed by atoms with van der Waals surface area (Å²) in [5, 5.41) is 11.3. The summed E-state index contributed by atoms with van der Waals surface area (Å²) in [6.07, 6.45) is 12.2. The van der Waals surface area contributed by atoms with E-state index in [2.05, 4.69) is 32.5 Å². The number of nitrogens with one attached hydrogen (secondary N) is 2. The Kier molecular flexibility index (Phi) is 8.29. The summed E-state index contributed by atoms with van der Waals surface area (Å²) in [6.45, 7) is 5.93. The van der Waals surface area contributed by atoms with Gasteiger partial charge >= 0.3 is 0 Å². The molecule has 3 heterocycles. The molecule has 1 saturated heterocycles. The fraction of sp³-hybridized carbons (Fsp3) is 0.571. The zero-order valence-electron chi connectivity index (χ0n) is 17.1. The van der Waals surface area contributed by atoms with Crippen molar-refractivity contribution in [3.05, 3.63) is 42.4 Å². The molecule has 2 N–H and O–H groups in total. The number of likely N-dealkylation sites (tertiary alicyclic amines) is 1. The van der Waals surface area contributed by atoms with Crippen LogP contribution in [0.25, 0.3) is 5.82 Å². The molecule has 1 unspecified atom stereocenters. The Morgan fingerprint density at radius 3 is 2.86 bits per heavy atom. The predicted molar refractivity (Wildman–Crippen MR) is 127 cm³/mol. The standard InChI is InChI=1S/C21H31N7.HI/c1-2-22-21(26-18-9-13-27(16-18)19-6-3-4-7-19)24-15-17-8-11-23-20(14-17)28-12-5-10-25-28;/h5,8,10-12,14,18-19H,2-4,6-7,9,13,15-16H2,1H3,(H2,22,24,26);1H. The first-order valence-corrected chi connectivity index (χ1v) is 10.6. The normalized spacial score (nSPS) is 20.6. The number of guanidine groups is 1. The maximum absolute atomic E-state index is 4.81. The maximum Gasteiger partial charge on any atom is 0.191 e. The van der Waals surface area contributed by atoms with Gasteiger partial charge in [-0.3, -0.25) is 4.90 Å². The minimum Gasteiger partial charge on any atom is -0.357 e. The quantitative estimate of drug-likeness (QED) is 0.356. The van der Waals surface area contributed by atoms with Crippen LogP contribution in [0.5, 0.6) is 0 Å². The second-order valence-electron chi connectivity index (χ2n) is 7.73. The van der Waals surface area contributed by atoms with Gasteiger partial charge in [-0.05, 0) is 49.9 Å². The van der Waals surface area contributed by atoms with Crippen LogP contribution in [-0.2, 0) is 6.54 Å². The molecule has 2 fully saturated rings. The molecular weight excluding hydrogens is 477 g/mol. The van der Waals surface area contributed by atoms with Crippen LogP contribution >= 0.6 is 24.0 Å². The van der Waals surface area contributed by atoms with Crippen molar-refractivity contribution in [2.75, 3.05) is 19.6 Å². The van der Waals surface area contributed by atoms with Crippen molar-refractivity contribution in [3.8, 4) is 5.82 Å². The number of aromatic nitrogens is 3. The number of rotatable bonds is 6. The van der Waals surface area contributed by atoms with Gasteiger partial charge < -0.3 is 10.6 Å². The molecule has 29 heavy (non-hydrogen) atoms. The van der Waals surface area contributed by atoms with E-state index in [1.54, 1.807) is 10.9 Å². The van der Waals surface area contributed by atoms with Gasteiger partial charge in [-0.2, -0.15) is 5.10 Å². The fourth-order valence-corrected chi connectivity index (χ4v) is 4.28. The molecule has 0 radical (unpaired) electrons. The third-order valence-corrected chi connectivity index (χ3v) is 5.71. The summed E-state index contributed by atoms with van der Waals surface area (Å²) in [4.78, 5) is 11.9. The van der Waals surface area contributed by atoms with Crippen molar-refractivity contribution < 1.29 is 0 Å². The molecule has 1 saturated carbocycles. The monoisotopic (exact) mass is 509 g/mol. The minimum absolute atomic E-state index is 0. The second-order valence-corrected chi connectivity index (χ2v) is 7.73. The molecule has 2 aromatic heterocycles. The lowest BCUT2D eigenvalue weighted by Crippen LogP contribution is -2.45. The highest BCUT2D eigenvalue weighted by Crippen LogP contribution is 2.26. The summed E-state index contributed by atoms with van der Waals surface area (Å²) in [6, 6.07) is 7.24. The van der Waals surface area contributed by atoms with Crippen LogP contribution < -0.4 is 10.6 Å². The van der Waals surface area contributed by atoms with Gasteiger partial charge in [0.25, 0.3) is 0 Å². The molecule has 1 aliphatic carbocycles. The number of aliphatic imine (C=N–C) groups is 1. The summed E-state index contributed by atoms with van der Waals surface area (Å²) < 4.78 is 1.77. The largest absolute Gasteiger partial charge is 0.357 e. The van der Waals surface area contributed by atoms with E-state index in [1.807, 2.05) is 30.6 Å². The maximum atomic E-state index is 4.81. The van der Waals surface area contributed by atoms with E-state index in [9.17, 15) is 0 Å². The van der Waals surface area contributed by atoms with Crippen LogP contribution in [0.15, 0.2) is 41.8 Å². The fourth-order valence-electron chi connectivity index (χ4n) is 4.28. The number of hydrogen-bond donors (Lipinski definition) is 2. The average molecular weight is 509 g/mol. The number of nitrogens with zero attached hydrogens (tertiary/aromatic N) is 5. The van der Waals surface area contributed by atoms with Crippen LogP contribution in [0.2, 0.25) is 0 Å². The molecule has 2 aromatic rings. The first-order chi connectivity index (χ1) is 13.8. The molecule has 4 rings (SSSR count). The van der Waals surface area contributed by atoms with E-state index in [1.165, 1.54) is 38.6 Å². The third-order valence-electron chi connectivity index (χ3n) is 5.71. The van der Waals surface area contributed by atoms with Crippen LogP contribution in [0.3, 0.4) is 0 Å². The lowest BCUT2D eigenvalue weighted by Gasteiger charge is -2.24. The molecule has 1 aliphatic heterocycles. The molecule has 158 valence electrons. The average Bonchev–Trinajstić information content (AvgIpc) is 3.49. The highest BCUT2D eigenvalue weighted by Gasteiger charge is 2.30. The Morgan fingerprint density at radius 2 is 2.10 bits per heavy atom. The van der Waals surface area contributed by atoms with Gasteiger partial charge in [-0.25, -0.2) is 14.7 Å². The highest BCUT2D eigenvalue weighted by molar-refractivity contribution is 14.0. The SMILES string of the molecule is CCNC(=NCc1ccnc(-n2cccn2)c1)NC1CCN(C2CCCC2)C1.I. The summed E-state index contributed by atoms with van der Waals surface area (Å²) in [5.74, 6) is 1.72. The minimum atomic E-state index is 0. The Labute approximate surface area is 190 Å². The summed E-state index contributed by atoms with van der Waals surface area (Å²) in [5.41, 5.74) is 1.12. The third kappa shape index (κ3) is 5.91. The van der Waals surface area contributed by atoms with Gasteiger partial charge in [0.1, 0.15) is 0 Å². The molecule has 0 amide bonds. The van der Waals surface area contributed by atoms with Crippen LogP contribution in [0.1, 0.15) is 44.6 Å². The summed E-state index contributed by atoms with van der Waals surface area (Å²) >= 11 is 0. The van der Waals surface area contributed by atoms with E-state index < -0.39 is 0 Å². The number of hydrogen-bond acceptors (Lipinski definition) is 4. The Morgan fingerprint density at radius 1 is 1.24 bits per heavy atom. The van der Waals surface area contributed by atoms with Crippen LogP contribution in [0.4, 0.5) is 0 Å². The smallest absolute Gasteiger partial charge is 0.191 e. The highest BCUT2D eigenvalue weighted by atomic mass is 127. The molecule has 1 atom stereocenters. The lowest BCUT2D eigenvalue weighted by atomic mass is 10.2. The van der Waals surface area contributed by atoms with Gasteiger partial charge in [0.2, 0.25) is 0 Å². The van der Waals surface area contributed by atoms with Gasteiger partial charge in [0, 0.05) is 50.3 Å². The number of halogens is 1. The number of pyridine rings is 1. The topological polar surface area (TPSA) is 70.4 Å². The summed E-state index contributed by atoms with van der Waals surface area (Å²) in [7, 11) is 0. The van der Waals surface area contributed by atoms with E-state index in [0.29, 0.717) is 12.6 Å². The van der Waals surface area contributed by atoms with E-state index >= 15 is 0 Å². The van der Waals surface area contributed by atoms with Crippen molar-refractivity contribution in [1.82, 2.24) is 30.3 Å². The van der Waals surface area contributed by atoms with Crippen molar-refractivity contribution in [3.63, 3.8) is 0 Å². The Bertz CT molecular complexity index is 771. The molecule has 7 nitrogen and oxygen atoms in total. The van der Waals surface area contributed by atoms with E-state index in [4.69, 9.17) is 4.99 Å². The molecule has 2 aliphatic rings. The molecule has 0 bridgehead atoms. The van der Waals surface area contributed by atoms with Crippen molar-refractivity contribution in [2.45, 2.75) is 57.7 Å².